The zero-order chi connectivity index (χ0) is 25.8. The van der Waals surface area contributed by atoms with Gasteiger partial charge >= 0.3 is 6.18 Å². The molecule has 2 aliphatic heterocycles. The first-order valence-corrected chi connectivity index (χ1v) is 11.9. The average Bonchev–Trinajstić information content (AvgIpc) is 3.36. The minimum Gasteiger partial charge on any atom is -0.391 e. The minimum atomic E-state index is -4.45. The molecule has 1 aromatic heterocycles. The quantitative estimate of drug-likeness (QED) is 0.340. The number of hydrogen-bond donors (Lipinski definition) is 0. The first-order valence-electron chi connectivity index (χ1n) is 11.9. The standard InChI is InChI=1S/C27H24F3N5O2/c28-27(29,30)21-10-8-20(9-11-21)25(33-37-18-19-5-2-1-3-6-19)17-34-14-12-24-23(26(34)36)16-35(32-24)22-7-4-13-31-15-22/h1-3,5-11,15-16H,4,12-14,17-18H2/b33-25-. The van der Waals surface area contributed by atoms with Crippen molar-refractivity contribution in [3.63, 3.8) is 0 Å². The molecule has 3 aromatic rings. The number of oxime groups is 1. The zero-order valence-corrected chi connectivity index (χ0v) is 19.9. The van der Waals surface area contributed by atoms with Crippen LogP contribution in [-0.2, 0) is 24.0 Å². The number of amides is 1. The fraction of sp³-hybridized carbons (Fsp3) is 0.259. The first-order chi connectivity index (χ1) is 17.9. The molecule has 0 N–H and O–H groups in total. The second-order valence-corrected chi connectivity index (χ2v) is 8.74. The predicted molar refractivity (Wildman–Crippen MR) is 133 cm³/mol. The number of nitrogens with zero attached hydrogens (tertiary/aromatic N) is 5. The number of carbonyl (C=O) groups excluding carboxylic acids is 1. The summed E-state index contributed by atoms with van der Waals surface area (Å²) in [4.78, 5) is 24.8. The molecule has 7 nitrogen and oxygen atoms in total. The second kappa shape index (κ2) is 10.4. The molecule has 190 valence electrons. The third-order valence-electron chi connectivity index (χ3n) is 6.16. The topological polar surface area (TPSA) is 72.1 Å². The molecule has 0 fully saturated rings. The molecule has 0 bridgehead atoms. The highest BCUT2D eigenvalue weighted by Crippen LogP contribution is 2.29. The van der Waals surface area contributed by atoms with E-state index >= 15 is 0 Å². The third kappa shape index (κ3) is 5.63. The second-order valence-electron chi connectivity index (χ2n) is 8.74. The van der Waals surface area contributed by atoms with Crippen LogP contribution in [0.15, 0.2) is 77.0 Å². The number of halogens is 3. The summed E-state index contributed by atoms with van der Waals surface area (Å²) in [6.45, 7) is 1.39. The Kier molecular flexibility index (Phi) is 6.89. The number of fused-ring (bicyclic) bond motifs is 1. The molecule has 0 radical (unpaired) electrons. The van der Waals surface area contributed by atoms with Crippen molar-refractivity contribution in [1.82, 2.24) is 14.7 Å². The molecule has 0 spiro atoms. The van der Waals surface area contributed by atoms with E-state index in [2.05, 4.69) is 15.2 Å². The number of dihydropyridines is 1. The van der Waals surface area contributed by atoms with Gasteiger partial charge in [0.1, 0.15) is 12.3 Å². The lowest BCUT2D eigenvalue weighted by atomic mass is 10.0. The summed E-state index contributed by atoms with van der Waals surface area (Å²) in [6, 6.07) is 14.1. The Labute approximate surface area is 211 Å². The number of benzene rings is 2. The van der Waals surface area contributed by atoms with E-state index in [1.54, 1.807) is 22.0 Å². The van der Waals surface area contributed by atoms with E-state index in [9.17, 15) is 18.0 Å². The lowest BCUT2D eigenvalue weighted by Gasteiger charge is -2.26. The van der Waals surface area contributed by atoms with Gasteiger partial charge in [-0.3, -0.25) is 9.79 Å². The number of allylic oxidation sites excluding steroid dienone is 1. The molecular formula is C27H24F3N5O2. The lowest BCUT2D eigenvalue weighted by molar-refractivity contribution is -0.137. The molecule has 0 atom stereocenters. The Bertz CT molecular complexity index is 1360. The molecule has 37 heavy (non-hydrogen) atoms. The number of aromatic nitrogens is 2. The van der Waals surface area contributed by atoms with Gasteiger partial charge in [0, 0.05) is 37.5 Å². The highest BCUT2D eigenvalue weighted by atomic mass is 19.4. The van der Waals surface area contributed by atoms with Crippen molar-refractivity contribution in [2.24, 2.45) is 10.1 Å². The molecule has 1 amide bonds. The van der Waals surface area contributed by atoms with Crippen LogP contribution < -0.4 is 0 Å². The number of hydrogen-bond acceptors (Lipinski definition) is 5. The van der Waals surface area contributed by atoms with E-state index in [0.29, 0.717) is 35.5 Å². The van der Waals surface area contributed by atoms with Crippen LogP contribution in [0.3, 0.4) is 0 Å². The third-order valence-corrected chi connectivity index (χ3v) is 6.16. The van der Waals surface area contributed by atoms with Crippen LogP contribution >= 0.6 is 0 Å². The van der Waals surface area contributed by atoms with Gasteiger partial charge in [0.05, 0.1) is 29.1 Å². The Morgan fingerprint density at radius 2 is 1.86 bits per heavy atom. The van der Waals surface area contributed by atoms with Crippen molar-refractivity contribution in [1.29, 1.82) is 0 Å². The summed E-state index contributed by atoms with van der Waals surface area (Å²) in [5.74, 6) is -0.219. The van der Waals surface area contributed by atoms with Crippen LogP contribution in [-0.4, -0.2) is 52.1 Å². The minimum absolute atomic E-state index is 0.0771. The van der Waals surface area contributed by atoms with Crippen molar-refractivity contribution >= 4 is 23.5 Å². The molecule has 0 aliphatic carbocycles. The van der Waals surface area contributed by atoms with Crippen molar-refractivity contribution in [3.8, 4) is 0 Å². The predicted octanol–water partition coefficient (Wildman–Crippen LogP) is 4.84. The van der Waals surface area contributed by atoms with Crippen LogP contribution in [0.5, 0.6) is 0 Å². The number of alkyl halides is 3. The van der Waals surface area contributed by atoms with E-state index in [1.807, 2.05) is 36.4 Å². The maximum Gasteiger partial charge on any atom is 0.416 e. The van der Waals surface area contributed by atoms with Crippen LogP contribution in [0, 0.1) is 0 Å². The maximum atomic E-state index is 13.3. The Balaban J connectivity index is 1.37. The average molecular weight is 508 g/mol. The Morgan fingerprint density at radius 1 is 1.08 bits per heavy atom. The van der Waals surface area contributed by atoms with Gasteiger partial charge in [0.2, 0.25) is 0 Å². The molecule has 0 unspecified atom stereocenters. The molecule has 3 heterocycles. The van der Waals surface area contributed by atoms with Gasteiger partial charge in [0.25, 0.3) is 5.91 Å². The van der Waals surface area contributed by atoms with E-state index < -0.39 is 11.7 Å². The Hall–Kier alpha value is -4.21. The van der Waals surface area contributed by atoms with E-state index in [-0.39, 0.29) is 19.1 Å². The molecule has 2 aliphatic rings. The highest BCUT2D eigenvalue weighted by Gasteiger charge is 2.31. The van der Waals surface area contributed by atoms with Crippen LogP contribution in [0.1, 0.15) is 39.2 Å². The molecule has 5 rings (SSSR count). The van der Waals surface area contributed by atoms with Gasteiger partial charge in [-0.05, 0) is 24.1 Å². The summed E-state index contributed by atoms with van der Waals surface area (Å²) in [6.07, 6.45) is 2.37. The van der Waals surface area contributed by atoms with Gasteiger partial charge in [0.15, 0.2) is 0 Å². The van der Waals surface area contributed by atoms with Gasteiger partial charge in [-0.25, -0.2) is 4.68 Å². The normalized spacial score (nSPS) is 16.0. The van der Waals surface area contributed by atoms with E-state index in [4.69, 9.17) is 4.84 Å². The fourth-order valence-electron chi connectivity index (χ4n) is 4.18. The summed E-state index contributed by atoms with van der Waals surface area (Å²) in [5.41, 5.74) is 2.95. The van der Waals surface area contributed by atoms with Crippen LogP contribution in [0.2, 0.25) is 0 Å². The summed E-state index contributed by atoms with van der Waals surface area (Å²) in [5, 5.41) is 8.80. The molecule has 10 heteroatoms. The monoisotopic (exact) mass is 507 g/mol. The SMILES string of the molecule is O=C1c2cn(C3=CCCN=C3)nc2CCN1C/C(=N/OCc1ccccc1)c1ccc(C(F)(F)F)cc1. The molecule has 2 aromatic carbocycles. The van der Waals surface area contributed by atoms with Gasteiger partial charge in [-0.1, -0.05) is 53.7 Å². The Morgan fingerprint density at radius 3 is 2.57 bits per heavy atom. The van der Waals surface area contributed by atoms with Crippen molar-refractivity contribution in [3.05, 3.63) is 94.8 Å². The van der Waals surface area contributed by atoms with E-state index in [1.165, 1.54) is 12.1 Å². The maximum absolute atomic E-state index is 13.3. The van der Waals surface area contributed by atoms with Crippen molar-refractivity contribution in [2.75, 3.05) is 19.6 Å². The molecule has 0 saturated carbocycles. The lowest BCUT2D eigenvalue weighted by Crippen LogP contribution is -2.40. The van der Waals surface area contributed by atoms with Gasteiger partial charge in [-0.15, -0.1) is 0 Å². The number of rotatable bonds is 7. The van der Waals surface area contributed by atoms with Gasteiger partial charge in [-0.2, -0.15) is 18.3 Å². The van der Waals surface area contributed by atoms with Crippen molar-refractivity contribution in [2.45, 2.75) is 25.6 Å². The van der Waals surface area contributed by atoms with Crippen LogP contribution in [0.4, 0.5) is 13.2 Å². The molecule has 0 saturated heterocycles. The zero-order valence-electron chi connectivity index (χ0n) is 19.9. The summed E-state index contributed by atoms with van der Waals surface area (Å²) >= 11 is 0. The summed E-state index contributed by atoms with van der Waals surface area (Å²) < 4.78 is 40.9. The van der Waals surface area contributed by atoms with Gasteiger partial charge < -0.3 is 9.74 Å². The van der Waals surface area contributed by atoms with E-state index in [0.717, 1.165) is 36.4 Å². The first kappa shape index (κ1) is 24.5. The smallest absolute Gasteiger partial charge is 0.391 e. The van der Waals surface area contributed by atoms with Crippen molar-refractivity contribution < 1.29 is 22.8 Å². The number of carbonyl (C=O) groups is 1. The van der Waals surface area contributed by atoms with Crippen LogP contribution in [0.25, 0.3) is 5.70 Å². The summed E-state index contributed by atoms with van der Waals surface area (Å²) in [7, 11) is 0. The highest BCUT2D eigenvalue weighted by molar-refractivity contribution is 6.06. The number of aliphatic imine (C=N–C) groups is 1. The largest absolute Gasteiger partial charge is 0.416 e. The fourth-order valence-corrected chi connectivity index (χ4v) is 4.18. The molecular weight excluding hydrogens is 483 g/mol.